The first kappa shape index (κ1) is 14.6. The SMILES string of the molecule is CCOC(=O)CCS(=O)(=O)c1ccc(F)c(F)c1. The van der Waals surface area contributed by atoms with Crippen LogP contribution in [0.15, 0.2) is 23.1 Å². The number of carbonyl (C=O) groups is 1. The first-order valence-corrected chi connectivity index (χ1v) is 6.85. The van der Waals surface area contributed by atoms with Crippen LogP contribution < -0.4 is 0 Å². The Morgan fingerprint density at radius 1 is 1.28 bits per heavy atom. The highest BCUT2D eigenvalue weighted by Crippen LogP contribution is 2.16. The van der Waals surface area contributed by atoms with Crippen molar-refractivity contribution in [1.82, 2.24) is 0 Å². The van der Waals surface area contributed by atoms with Crippen molar-refractivity contribution in [2.24, 2.45) is 0 Å². The van der Waals surface area contributed by atoms with Crippen LogP contribution in [0, 0.1) is 11.6 Å². The average Bonchev–Trinajstić information content (AvgIpc) is 2.30. The summed E-state index contributed by atoms with van der Waals surface area (Å²) in [5, 5.41) is 0. The largest absolute Gasteiger partial charge is 0.466 e. The van der Waals surface area contributed by atoms with Gasteiger partial charge in [-0.3, -0.25) is 4.79 Å². The maximum atomic E-state index is 12.9. The zero-order chi connectivity index (χ0) is 13.8. The van der Waals surface area contributed by atoms with Crippen LogP contribution in [0.1, 0.15) is 13.3 Å². The minimum absolute atomic E-state index is 0.157. The Balaban J connectivity index is 2.80. The van der Waals surface area contributed by atoms with E-state index < -0.39 is 33.2 Å². The van der Waals surface area contributed by atoms with Gasteiger partial charge in [0.25, 0.3) is 0 Å². The topological polar surface area (TPSA) is 60.4 Å². The van der Waals surface area contributed by atoms with Crippen molar-refractivity contribution in [2.75, 3.05) is 12.4 Å². The van der Waals surface area contributed by atoms with E-state index in [1.165, 1.54) is 0 Å². The molecule has 100 valence electrons. The summed E-state index contributed by atoms with van der Waals surface area (Å²) < 4.78 is 53.5. The van der Waals surface area contributed by atoms with E-state index in [9.17, 15) is 22.0 Å². The van der Waals surface area contributed by atoms with Gasteiger partial charge in [0.1, 0.15) is 0 Å². The number of halogens is 2. The van der Waals surface area contributed by atoms with E-state index in [1.807, 2.05) is 0 Å². The Labute approximate surface area is 103 Å². The molecule has 0 N–H and O–H groups in total. The van der Waals surface area contributed by atoms with Crippen LogP contribution in [0.4, 0.5) is 8.78 Å². The fourth-order valence-electron chi connectivity index (χ4n) is 1.24. The van der Waals surface area contributed by atoms with Crippen LogP contribution in [0.25, 0.3) is 0 Å². The highest BCUT2D eigenvalue weighted by Gasteiger charge is 2.18. The molecule has 0 fully saturated rings. The van der Waals surface area contributed by atoms with Gasteiger partial charge in [-0.05, 0) is 25.1 Å². The van der Waals surface area contributed by atoms with Crippen LogP contribution >= 0.6 is 0 Å². The molecule has 0 saturated heterocycles. The Morgan fingerprint density at radius 3 is 2.50 bits per heavy atom. The molecule has 0 spiro atoms. The number of benzene rings is 1. The maximum Gasteiger partial charge on any atom is 0.306 e. The Morgan fingerprint density at radius 2 is 1.94 bits per heavy atom. The lowest BCUT2D eigenvalue weighted by Crippen LogP contribution is -2.13. The molecule has 0 radical (unpaired) electrons. The van der Waals surface area contributed by atoms with Crippen molar-refractivity contribution in [3.05, 3.63) is 29.8 Å². The smallest absolute Gasteiger partial charge is 0.306 e. The molecule has 1 rings (SSSR count). The van der Waals surface area contributed by atoms with E-state index in [1.54, 1.807) is 6.92 Å². The third-order valence-electron chi connectivity index (χ3n) is 2.13. The molecule has 0 aliphatic carbocycles. The van der Waals surface area contributed by atoms with Crippen molar-refractivity contribution < 1.29 is 26.7 Å². The summed E-state index contributed by atoms with van der Waals surface area (Å²) in [5.41, 5.74) is 0. The third-order valence-corrected chi connectivity index (χ3v) is 3.84. The van der Waals surface area contributed by atoms with E-state index in [2.05, 4.69) is 4.74 Å². The van der Waals surface area contributed by atoms with Crippen LogP contribution in [0.5, 0.6) is 0 Å². The predicted octanol–water partition coefficient (Wildman–Crippen LogP) is 1.69. The molecular formula is C11H12F2O4S. The minimum Gasteiger partial charge on any atom is -0.466 e. The van der Waals surface area contributed by atoms with Crippen molar-refractivity contribution in [1.29, 1.82) is 0 Å². The lowest BCUT2D eigenvalue weighted by atomic mass is 10.3. The summed E-state index contributed by atoms with van der Waals surface area (Å²) in [6, 6.07) is 2.28. The number of sulfone groups is 1. The van der Waals surface area contributed by atoms with Crippen molar-refractivity contribution in [3.63, 3.8) is 0 Å². The molecule has 0 aliphatic rings. The summed E-state index contributed by atoms with van der Waals surface area (Å²) in [7, 11) is -3.82. The summed E-state index contributed by atoms with van der Waals surface area (Å²) in [6.45, 7) is 1.76. The summed E-state index contributed by atoms with van der Waals surface area (Å²) in [5.74, 6) is -3.52. The van der Waals surface area contributed by atoms with Gasteiger partial charge in [0.2, 0.25) is 0 Å². The second-order valence-electron chi connectivity index (χ2n) is 3.45. The second-order valence-corrected chi connectivity index (χ2v) is 5.56. The van der Waals surface area contributed by atoms with E-state index in [0.29, 0.717) is 6.07 Å². The third kappa shape index (κ3) is 3.76. The Bertz CT molecular complexity index is 540. The summed E-state index contributed by atoms with van der Waals surface area (Å²) in [6.07, 6.45) is -0.324. The Kier molecular flexibility index (Phi) is 4.77. The van der Waals surface area contributed by atoms with Gasteiger partial charge in [-0.2, -0.15) is 0 Å². The number of hydrogen-bond donors (Lipinski definition) is 0. The molecule has 0 heterocycles. The number of hydrogen-bond acceptors (Lipinski definition) is 4. The molecule has 0 atom stereocenters. The molecule has 0 aliphatic heterocycles. The van der Waals surface area contributed by atoms with Crippen LogP contribution in [0.2, 0.25) is 0 Å². The van der Waals surface area contributed by atoms with Gasteiger partial charge >= 0.3 is 5.97 Å². The minimum atomic E-state index is -3.82. The molecule has 18 heavy (non-hydrogen) atoms. The molecule has 0 bridgehead atoms. The summed E-state index contributed by atoms with van der Waals surface area (Å²) >= 11 is 0. The molecule has 0 aromatic heterocycles. The van der Waals surface area contributed by atoms with Gasteiger partial charge in [0.15, 0.2) is 21.5 Å². The van der Waals surface area contributed by atoms with Gasteiger partial charge in [0, 0.05) is 0 Å². The standard InChI is InChI=1S/C11H12F2O4S/c1-2-17-11(14)5-6-18(15,16)8-3-4-9(12)10(13)7-8/h3-4,7H,2,5-6H2,1H3. The van der Waals surface area contributed by atoms with Gasteiger partial charge in [-0.1, -0.05) is 0 Å². The molecule has 1 aromatic carbocycles. The molecule has 7 heteroatoms. The van der Waals surface area contributed by atoms with Gasteiger partial charge in [-0.15, -0.1) is 0 Å². The normalized spacial score (nSPS) is 11.3. The molecule has 0 unspecified atom stereocenters. The highest BCUT2D eigenvalue weighted by molar-refractivity contribution is 7.91. The van der Waals surface area contributed by atoms with E-state index in [-0.39, 0.29) is 17.9 Å². The number of ether oxygens (including phenoxy) is 1. The van der Waals surface area contributed by atoms with E-state index >= 15 is 0 Å². The summed E-state index contributed by atoms with van der Waals surface area (Å²) in [4.78, 5) is 10.7. The molecule has 4 nitrogen and oxygen atoms in total. The quantitative estimate of drug-likeness (QED) is 0.607. The van der Waals surface area contributed by atoms with Gasteiger partial charge in [-0.25, -0.2) is 17.2 Å². The van der Waals surface area contributed by atoms with Crippen LogP contribution in [-0.2, 0) is 19.4 Å². The maximum absolute atomic E-state index is 12.9. The van der Waals surface area contributed by atoms with E-state index in [4.69, 9.17) is 0 Å². The highest BCUT2D eigenvalue weighted by atomic mass is 32.2. The first-order chi connectivity index (χ1) is 8.36. The monoisotopic (exact) mass is 278 g/mol. The lowest BCUT2D eigenvalue weighted by molar-refractivity contribution is -0.142. The van der Waals surface area contributed by atoms with Gasteiger partial charge < -0.3 is 4.74 Å². The molecule has 0 amide bonds. The average molecular weight is 278 g/mol. The van der Waals surface area contributed by atoms with Crippen molar-refractivity contribution >= 4 is 15.8 Å². The predicted molar refractivity (Wildman–Crippen MR) is 59.7 cm³/mol. The van der Waals surface area contributed by atoms with Crippen LogP contribution in [-0.4, -0.2) is 26.7 Å². The van der Waals surface area contributed by atoms with Gasteiger partial charge in [0.05, 0.1) is 23.7 Å². The zero-order valence-corrected chi connectivity index (χ0v) is 10.5. The first-order valence-electron chi connectivity index (χ1n) is 5.20. The molecule has 0 saturated carbocycles. The zero-order valence-electron chi connectivity index (χ0n) is 9.65. The molecular weight excluding hydrogens is 266 g/mol. The van der Waals surface area contributed by atoms with Crippen molar-refractivity contribution in [3.8, 4) is 0 Å². The lowest BCUT2D eigenvalue weighted by Gasteiger charge is -2.05. The van der Waals surface area contributed by atoms with E-state index in [0.717, 1.165) is 12.1 Å². The Hall–Kier alpha value is -1.50. The number of rotatable bonds is 5. The molecule has 1 aromatic rings. The number of carbonyl (C=O) groups excluding carboxylic acids is 1. The second kappa shape index (κ2) is 5.90. The van der Waals surface area contributed by atoms with Crippen LogP contribution in [0.3, 0.4) is 0 Å². The van der Waals surface area contributed by atoms with Crippen molar-refractivity contribution in [2.45, 2.75) is 18.2 Å². The fourth-order valence-corrected chi connectivity index (χ4v) is 2.47. The fraction of sp³-hybridized carbons (Fsp3) is 0.364. The number of esters is 1.